The average Bonchev–Trinajstić information content (AvgIpc) is 3.19. The second-order valence-electron chi connectivity index (χ2n) is 6.44. The molecule has 0 spiro atoms. The summed E-state index contributed by atoms with van der Waals surface area (Å²) in [6.45, 7) is 12.5. The SMILES string of the molecule is C=C(c1ccc[nH]1)N1CCC(N(CC)c2ncccc2NCC)CC1. The number of anilines is 2. The Morgan fingerprint density at radius 3 is 2.76 bits per heavy atom. The van der Waals surface area contributed by atoms with Gasteiger partial charge in [0.2, 0.25) is 0 Å². The summed E-state index contributed by atoms with van der Waals surface area (Å²) in [4.78, 5) is 12.8. The summed E-state index contributed by atoms with van der Waals surface area (Å²) in [5.41, 5.74) is 3.34. The zero-order valence-electron chi connectivity index (χ0n) is 15.3. The Morgan fingerprint density at radius 1 is 1.32 bits per heavy atom. The molecule has 0 saturated carbocycles. The molecule has 2 aromatic heterocycles. The molecule has 134 valence electrons. The second-order valence-corrected chi connectivity index (χ2v) is 6.44. The molecule has 0 atom stereocenters. The highest BCUT2D eigenvalue weighted by Crippen LogP contribution is 2.29. The maximum Gasteiger partial charge on any atom is 0.152 e. The van der Waals surface area contributed by atoms with Gasteiger partial charge in [-0.1, -0.05) is 6.58 Å². The highest BCUT2D eigenvalue weighted by molar-refractivity contribution is 5.66. The summed E-state index contributed by atoms with van der Waals surface area (Å²) in [6.07, 6.45) is 6.09. The molecule has 0 radical (unpaired) electrons. The molecule has 0 unspecified atom stereocenters. The second kappa shape index (κ2) is 8.10. The van der Waals surface area contributed by atoms with Gasteiger partial charge in [0, 0.05) is 44.6 Å². The monoisotopic (exact) mass is 339 g/mol. The van der Waals surface area contributed by atoms with Crippen molar-refractivity contribution in [1.29, 1.82) is 0 Å². The molecule has 1 saturated heterocycles. The standard InChI is InChI=1S/C20H29N5/c1-4-21-19-9-7-13-23-20(19)25(5-2)17-10-14-24(15-11-17)16(3)18-8-6-12-22-18/h6-9,12-13,17,21-22H,3-5,10-11,14-15H2,1-2H3. The van der Waals surface area contributed by atoms with E-state index in [1.54, 1.807) is 0 Å². The van der Waals surface area contributed by atoms with E-state index in [0.29, 0.717) is 6.04 Å². The minimum atomic E-state index is 0.519. The van der Waals surface area contributed by atoms with E-state index in [4.69, 9.17) is 0 Å². The zero-order chi connectivity index (χ0) is 17.6. The molecule has 1 aliphatic heterocycles. The minimum absolute atomic E-state index is 0.519. The first-order valence-corrected chi connectivity index (χ1v) is 9.27. The normalized spacial score (nSPS) is 15.2. The first-order chi connectivity index (χ1) is 12.2. The number of likely N-dealkylation sites (tertiary alicyclic amines) is 1. The van der Waals surface area contributed by atoms with Crippen LogP contribution in [0, 0.1) is 0 Å². The number of nitrogens with one attached hydrogen (secondary N) is 2. The quantitative estimate of drug-likeness (QED) is 0.805. The van der Waals surface area contributed by atoms with Crippen LogP contribution >= 0.6 is 0 Å². The van der Waals surface area contributed by atoms with Gasteiger partial charge in [-0.05, 0) is 51.0 Å². The van der Waals surface area contributed by atoms with Gasteiger partial charge in [-0.2, -0.15) is 0 Å². The lowest BCUT2D eigenvalue weighted by atomic mass is 10.0. The van der Waals surface area contributed by atoms with E-state index in [9.17, 15) is 0 Å². The molecule has 2 N–H and O–H groups in total. The summed E-state index contributed by atoms with van der Waals surface area (Å²) in [5, 5.41) is 3.44. The van der Waals surface area contributed by atoms with Crippen LogP contribution in [0.15, 0.2) is 43.2 Å². The summed E-state index contributed by atoms with van der Waals surface area (Å²) < 4.78 is 0. The number of aromatic amines is 1. The van der Waals surface area contributed by atoms with Crippen molar-refractivity contribution in [3.63, 3.8) is 0 Å². The van der Waals surface area contributed by atoms with Crippen molar-refractivity contribution in [2.24, 2.45) is 0 Å². The summed E-state index contributed by atoms with van der Waals surface area (Å²) in [5.74, 6) is 1.08. The smallest absolute Gasteiger partial charge is 0.152 e. The number of aromatic nitrogens is 2. The predicted octanol–water partition coefficient (Wildman–Crippen LogP) is 3.80. The molecule has 5 heteroatoms. The van der Waals surface area contributed by atoms with E-state index in [1.165, 1.54) is 0 Å². The third kappa shape index (κ3) is 3.81. The highest BCUT2D eigenvalue weighted by atomic mass is 15.3. The number of nitrogens with zero attached hydrogens (tertiary/aromatic N) is 3. The molecular weight excluding hydrogens is 310 g/mol. The van der Waals surface area contributed by atoms with Gasteiger partial charge in [0.1, 0.15) is 0 Å². The fourth-order valence-corrected chi connectivity index (χ4v) is 3.66. The van der Waals surface area contributed by atoms with Crippen LogP contribution in [-0.4, -0.2) is 47.1 Å². The van der Waals surface area contributed by atoms with Crippen molar-refractivity contribution in [3.05, 3.63) is 48.9 Å². The van der Waals surface area contributed by atoms with Gasteiger partial charge < -0.3 is 20.1 Å². The Bertz CT molecular complexity index is 671. The average molecular weight is 339 g/mol. The van der Waals surface area contributed by atoms with Crippen LogP contribution in [0.5, 0.6) is 0 Å². The maximum atomic E-state index is 4.67. The fourth-order valence-electron chi connectivity index (χ4n) is 3.66. The lowest BCUT2D eigenvalue weighted by Gasteiger charge is -2.40. The topological polar surface area (TPSA) is 47.2 Å². The molecular formula is C20H29N5. The van der Waals surface area contributed by atoms with E-state index in [-0.39, 0.29) is 0 Å². The Morgan fingerprint density at radius 2 is 2.12 bits per heavy atom. The first-order valence-electron chi connectivity index (χ1n) is 9.27. The van der Waals surface area contributed by atoms with E-state index < -0.39 is 0 Å². The van der Waals surface area contributed by atoms with Crippen LogP contribution in [0.3, 0.4) is 0 Å². The van der Waals surface area contributed by atoms with Gasteiger partial charge >= 0.3 is 0 Å². The van der Waals surface area contributed by atoms with Crippen LogP contribution in [0.1, 0.15) is 32.4 Å². The van der Waals surface area contributed by atoms with E-state index >= 15 is 0 Å². The molecule has 1 fully saturated rings. The predicted molar refractivity (Wildman–Crippen MR) is 106 cm³/mol. The number of H-pyrrole nitrogens is 1. The highest BCUT2D eigenvalue weighted by Gasteiger charge is 2.26. The van der Waals surface area contributed by atoms with E-state index in [2.05, 4.69) is 57.6 Å². The molecule has 0 bridgehead atoms. The molecule has 5 nitrogen and oxygen atoms in total. The van der Waals surface area contributed by atoms with Crippen LogP contribution < -0.4 is 10.2 Å². The van der Waals surface area contributed by atoms with Gasteiger partial charge in [-0.15, -0.1) is 0 Å². The van der Waals surface area contributed by atoms with Gasteiger partial charge in [0.15, 0.2) is 5.82 Å². The van der Waals surface area contributed by atoms with Crippen molar-refractivity contribution >= 4 is 17.2 Å². The molecule has 0 aliphatic carbocycles. The van der Waals surface area contributed by atoms with Crippen molar-refractivity contribution in [2.75, 3.05) is 36.4 Å². The molecule has 0 amide bonds. The molecule has 2 aromatic rings. The summed E-state index contributed by atoms with van der Waals surface area (Å²) in [7, 11) is 0. The van der Waals surface area contributed by atoms with Crippen LogP contribution in [0.25, 0.3) is 5.70 Å². The number of piperidine rings is 1. The Labute approximate surface area is 150 Å². The number of hydrogen-bond acceptors (Lipinski definition) is 4. The van der Waals surface area contributed by atoms with Gasteiger partial charge in [-0.3, -0.25) is 0 Å². The molecule has 3 heterocycles. The Balaban J connectivity index is 1.67. The third-order valence-corrected chi connectivity index (χ3v) is 4.96. The van der Waals surface area contributed by atoms with Crippen LogP contribution in [0.2, 0.25) is 0 Å². The third-order valence-electron chi connectivity index (χ3n) is 4.96. The molecule has 3 rings (SSSR count). The summed E-state index contributed by atoms with van der Waals surface area (Å²) >= 11 is 0. The molecule has 0 aromatic carbocycles. The maximum absolute atomic E-state index is 4.67. The van der Waals surface area contributed by atoms with Crippen molar-refractivity contribution in [1.82, 2.24) is 14.9 Å². The van der Waals surface area contributed by atoms with Crippen LogP contribution in [0.4, 0.5) is 11.5 Å². The fraction of sp³-hybridized carbons (Fsp3) is 0.450. The zero-order valence-corrected chi connectivity index (χ0v) is 15.3. The molecule has 25 heavy (non-hydrogen) atoms. The van der Waals surface area contributed by atoms with Gasteiger partial charge in [0.25, 0.3) is 0 Å². The van der Waals surface area contributed by atoms with Crippen molar-refractivity contribution < 1.29 is 0 Å². The largest absolute Gasteiger partial charge is 0.382 e. The van der Waals surface area contributed by atoms with E-state index in [0.717, 1.165) is 61.9 Å². The first kappa shape index (κ1) is 17.4. The number of rotatable bonds is 7. The molecule has 1 aliphatic rings. The Kier molecular flexibility index (Phi) is 5.64. The van der Waals surface area contributed by atoms with Gasteiger partial charge in [-0.25, -0.2) is 4.98 Å². The number of pyridine rings is 1. The van der Waals surface area contributed by atoms with Crippen molar-refractivity contribution in [3.8, 4) is 0 Å². The van der Waals surface area contributed by atoms with Crippen molar-refractivity contribution in [2.45, 2.75) is 32.7 Å². The minimum Gasteiger partial charge on any atom is -0.382 e. The van der Waals surface area contributed by atoms with Gasteiger partial charge in [0.05, 0.1) is 17.1 Å². The lowest BCUT2D eigenvalue weighted by Crippen LogP contribution is -2.45. The number of hydrogen-bond donors (Lipinski definition) is 2. The lowest BCUT2D eigenvalue weighted by molar-refractivity contribution is 0.291. The Hall–Kier alpha value is -2.43. The van der Waals surface area contributed by atoms with Crippen LogP contribution in [-0.2, 0) is 0 Å². The summed E-state index contributed by atoms with van der Waals surface area (Å²) in [6, 6.07) is 8.75. The van der Waals surface area contributed by atoms with E-state index in [1.807, 2.05) is 24.5 Å².